The molecule has 0 unspecified atom stereocenters. The van der Waals surface area contributed by atoms with Crippen LogP contribution in [0.2, 0.25) is 5.02 Å². The molecule has 100 valence electrons. The Morgan fingerprint density at radius 1 is 1.05 bits per heavy atom. The fraction of sp³-hybridized carbons (Fsp3) is 0.118. The Labute approximate surface area is 123 Å². The molecule has 0 atom stereocenters. The van der Waals surface area contributed by atoms with E-state index in [1.807, 2.05) is 37.6 Å². The minimum atomic E-state index is 0.760. The maximum absolute atomic E-state index is 6.44. The summed E-state index contributed by atoms with van der Waals surface area (Å²) in [7, 11) is 1.93. The van der Waals surface area contributed by atoms with Crippen molar-refractivity contribution in [2.75, 3.05) is 7.05 Å². The molecule has 1 N–H and O–H groups in total. The third kappa shape index (κ3) is 2.40. The van der Waals surface area contributed by atoms with Crippen molar-refractivity contribution in [3.63, 3.8) is 0 Å². The van der Waals surface area contributed by atoms with Gasteiger partial charge >= 0.3 is 0 Å². The summed E-state index contributed by atoms with van der Waals surface area (Å²) in [5.74, 6) is 0. The Hall–Kier alpha value is -1.90. The van der Waals surface area contributed by atoms with Crippen LogP contribution in [0.4, 0.5) is 0 Å². The van der Waals surface area contributed by atoms with Crippen molar-refractivity contribution < 1.29 is 0 Å². The minimum absolute atomic E-state index is 0.760. The standard InChI is InChI=1S/C17H15ClN2/c1-19-9-12-6-7-15(17(18)8-12)16-11-20-10-13-4-2-3-5-14(13)16/h2-8,10-11,19H,9H2,1H3. The maximum Gasteiger partial charge on any atom is 0.0488 e. The van der Waals surface area contributed by atoms with E-state index >= 15 is 0 Å². The molecule has 1 aromatic heterocycles. The molecule has 0 radical (unpaired) electrons. The summed E-state index contributed by atoms with van der Waals surface area (Å²) in [6, 6.07) is 14.4. The Balaban J connectivity index is 2.16. The lowest BCUT2D eigenvalue weighted by atomic mass is 10.00. The molecular formula is C17H15ClN2. The van der Waals surface area contributed by atoms with Crippen LogP contribution in [0.15, 0.2) is 54.9 Å². The number of hydrogen-bond acceptors (Lipinski definition) is 2. The Kier molecular flexibility index (Phi) is 3.68. The summed E-state index contributed by atoms with van der Waals surface area (Å²) in [5, 5.41) is 6.19. The lowest BCUT2D eigenvalue weighted by Gasteiger charge is -2.10. The molecule has 1 heterocycles. The van der Waals surface area contributed by atoms with Crippen LogP contribution in [-0.2, 0) is 6.54 Å². The number of fused-ring (bicyclic) bond motifs is 1. The van der Waals surface area contributed by atoms with Gasteiger partial charge in [0.1, 0.15) is 0 Å². The molecule has 0 amide bonds. The van der Waals surface area contributed by atoms with E-state index < -0.39 is 0 Å². The highest BCUT2D eigenvalue weighted by molar-refractivity contribution is 6.33. The van der Waals surface area contributed by atoms with Gasteiger partial charge in [-0.3, -0.25) is 4.98 Å². The van der Waals surface area contributed by atoms with Crippen LogP contribution >= 0.6 is 11.6 Å². The van der Waals surface area contributed by atoms with Crippen molar-refractivity contribution in [1.29, 1.82) is 0 Å². The quantitative estimate of drug-likeness (QED) is 0.776. The van der Waals surface area contributed by atoms with E-state index in [1.54, 1.807) is 0 Å². The van der Waals surface area contributed by atoms with Gasteiger partial charge in [-0.2, -0.15) is 0 Å². The van der Waals surface area contributed by atoms with E-state index in [2.05, 4.69) is 34.6 Å². The number of nitrogens with zero attached hydrogens (tertiary/aromatic N) is 1. The first-order valence-corrected chi connectivity index (χ1v) is 6.93. The molecular weight excluding hydrogens is 268 g/mol. The zero-order valence-corrected chi connectivity index (χ0v) is 12.0. The number of aromatic nitrogens is 1. The SMILES string of the molecule is CNCc1ccc(-c2cncc3ccccc23)c(Cl)c1. The molecule has 0 aliphatic carbocycles. The molecule has 0 saturated carbocycles. The van der Waals surface area contributed by atoms with Crippen LogP contribution in [-0.4, -0.2) is 12.0 Å². The first kappa shape index (κ1) is 13.1. The van der Waals surface area contributed by atoms with Gasteiger partial charge in [0, 0.05) is 40.5 Å². The summed E-state index contributed by atoms with van der Waals surface area (Å²) in [6.45, 7) is 0.813. The van der Waals surface area contributed by atoms with E-state index in [-0.39, 0.29) is 0 Å². The van der Waals surface area contributed by atoms with E-state index in [0.29, 0.717) is 0 Å². The summed E-state index contributed by atoms with van der Waals surface area (Å²) in [6.07, 6.45) is 3.75. The molecule has 0 fully saturated rings. The van der Waals surface area contributed by atoms with Gasteiger partial charge in [0.25, 0.3) is 0 Å². The highest BCUT2D eigenvalue weighted by Crippen LogP contribution is 2.33. The number of hydrogen-bond donors (Lipinski definition) is 1. The monoisotopic (exact) mass is 282 g/mol. The van der Waals surface area contributed by atoms with Gasteiger partial charge < -0.3 is 5.32 Å². The number of rotatable bonds is 3. The molecule has 20 heavy (non-hydrogen) atoms. The molecule has 3 heteroatoms. The van der Waals surface area contributed by atoms with Crippen molar-refractivity contribution in [2.24, 2.45) is 0 Å². The van der Waals surface area contributed by atoms with Crippen LogP contribution in [0.5, 0.6) is 0 Å². The van der Waals surface area contributed by atoms with E-state index in [0.717, 1.165) is 28.1 Å². The normalized spacial score (nSPS) is 10.9. The van der Waals surface area contributed by atoms with Gasteiger partial charge in [0.05, 0.1) is 0 Å². The highest BCUT2D eigenvalue weighted by Gasteiger charge is 2.08. The van der Waals surface area contributed by atoms with Crippen molar-refractivity contribution in [1.82, 2.24) is 10.3 Å². The molecule has 0 bridgehead atoms. The largest absolute Gasteiger partial charge is 0.316 e. The Bertz CT molecular complexity index is 748. The Morgan fingerprint density at radius 3 is 2.70 bits per heavy atom. The summed E-state index contributed by atoms with van der Waals surface area (Å²) in [5.41, 5.74) is 3.27. The molecule has 0 saturated heterocycles. The topological polar surface area (TPSA) is 24.9 Å². The van der Waals surface area contributed by atoms with Gasteiger partial charge in [-0.25, -0.2) is 0 Å². The molecule has 0 aliphatic heterocycles. The van der Waals surface area contributed by atoms with Gasteiger partial charge in [0.2, 0.25) is 0 Å². The number of benzene rings is 2. The van der Waals surface area contributed by atoms with E-state index in [4.69, 9.17) is 11.6 Å². The average Bonchev–Trinajstić information content (AvgIpc) is 2.47. The third-order valence-electron chi connectivity index (χ3n) is 3.37. The fourth-order valence-electron chi connectivity index (χ4n) is 2.42. The molecule has 0 aliphatic rings. The van der Waals surface area contributed by atoms with Crippen LogP contribution in [0.1, 0.15) is 5.56 Å². The van der Waals surface area contributed by atoms with Crippen LogP contribution < -0.4 is 5.32 Å². The van der Waals surface area contributed by atoms with Crippen LogP contribution in [0.3, 0.4) is 0 Å². The fourth-order valence-corrected chi connectivity index (χ4v) is 2.73. The second-order valence-corrected chi connectivity index (χ2v) is 5.16. The first-order chi connectivity index (χ1) is 9.79. The van der Waals surface area contributed by atoms with E-state index in [9.17, 15) is 0 Å². The van der Waals surface area contributed by atoms with Gasteiger partial charge in [-0.15, -0.1) is 0 Å². The lowest BCUT2D eigenvalue weighted by Crippen LogP contribution is -2.04. The molecule has 2 nitrogen and oxygen atoms in total. The summed E-state index contributed by atoms with van der Waals surface area (Å²) in [4.78, 5) is 4.32. The van der Waals surface area contributed by atoms with Crippen LogP contribution in [0, 0.1) is 0 Å². The average molecular weight is 283 g/mol. The van der Waals surface area contributed by atoms with Gasteiger partial charge in [0.15, 0.2) is 0 Å². The molecule has 3 rings (SSSR count). The van der Waals surface area contributed by atoms with Crippen molar-refractivity contribution in [3.8, 4) is 11.1 Å². The summed E-state index contributed by atoms with van der Waals surface area (Å²) < 4.78 is 0. The van der Waals surface area contributed by atoms with Gasteiger partial charge in [-0.1, -0.05) is 48.0 Å². The van der Waals surface area contributed by atoms with Crippen molar-refractivity contribution in [3.05, 3.63) is 65.4 Å². The first-order valence-electron chi connectivity index (χ1n) is 6.56. The van der Waals surface area contributed by atoms with Crippen LogP contribution in [0.25, 0.3) is 21.9 Å². The number of pyridine rings is 1. The van der Waals surface area contributed by atoms with E-state index in [1.165, 1.54) is 10.9 Å². The zero-order chi connectivity index (χ0) is 13.9. The van der Waals surface area contributed by atoms with Gasteiger partial charge in [-0.05, 0) is 24.1 Å². The lowest BCUT2D eigenvalue weighted by molar-refractivity contribution is 0.818. The Morgan fingerprint density at radius 2 is 1.90 bits per heavy atom. The minimum Gasteiger partial charge on any atom is -0.316 e. The maximum atomic E-state index is 6.44. The predicted octanol–water partition coefficient (Wildman–Crippen LogP) is 4.27. The predicted molar refractivity (Wildman–Crippen MR) is 85.0 cm³/mol. The second-order valence-electron chi connectivity index (χ2n) is 4.75. The molecule has 0 spiro atoms. The summed E-state index contributed by atoms with van der Waals surface area (Å²) >= 11 is 6.44. The third-order valence-corrected chi connectivity index (χ3v) is 3.69. The van der Waals surface area contributed by atoms with Crippen molar-refractivity contribution >= 4 is 22.4 Å². The zero-order valence-electron chi connectivity index (χ0n) is 11.2. The molecule has 3 aromatic rings. The highest BCUT2D eigenvalue weighted by atomic mass is 35.5. The van der Waals surface area contributed by atoms with Crippen molar-refractivity contribution in [2.45, 2.75) is 6.54 Å². The second kappa shape index (κ2) is 5.61. The smallest absolute Gasteiger partial charge is 0.0488 e. The molecule has 2 aromatic carbocycles. The number of halogens is 1. The number of nitrogens with one attached hydrogen (secondary N) is 1.